The van der Waals surface area contributed by atoms with Gasteiger partial charge in [-0.3, -0.25) is 38.8 Å². The molecule has 0 aromatic rings. The topological polar surface area (TPSA) is 124 Å². The van der Waals surface area contributed by atoms with Gasteiger partial charge >= 0.3 is 0 Å². The number of rotatable bonds is 20. The van der Waals surface area contributed by atoms with E-state index < -0.39 is 0 Å². The second kappa shape index (κ2) is 21.5. The molecule has 4 fully saturated rings. The Labute approximate surface area is 303 Å². The Morgan fingerprint density at radius 1 is 0.583 bits per heavy atom. The monoisotopic (exact) mass is 742 g/mol. The van der Waals surface area contributed by atoms with Gasteiger partial charge in [0.05, 0.1) is 36.2 Å². The fraction of sp³-hybridized carbons (Fsp3) is 0.750. The fourth-order valence-corrected chi connectivity index (χ4v) is 8.58. The molecular formula is C32H50N6O6S4. The first-order chi connectivity index (χ1) is 23.3. The summed E-state index contributed by atoms with van der Waals surface area (Å²) in [4.78, 5) is 59.4. The number of unbranched alkanes of at least 4 members (excludes halogenated alkanes) is 4. The van der Waals surface area contributed by atoms with Gasteiger partial charge in [-0.25, -0.2) is 0 Å². The van der Waals surface area contributed by atoms with E-state index in [9.17, 15) is 19.2 Å². The minimum atomic E-state index is -0.250. The zero-order valence-electron chi connectivity index (χ0n) is 27.8. The molecule has 268 valence electrons. The molecule has 4 amide bonds. The molecule has 4 aliphatic heterocycles. The van der Waals surface area contributed by atoms with Gasteiger partial charge in [-0.2, -0.15) is 0 Å². The number of thiocarbonyl (C=S) groups is 2. The van der Waals surface area contributed by atoms with Crippen LogP contribution in [-0.4, -0.2) is 144 Å². The van der Waals surface area contributed by atoms with Gasteiger partial charge in [0, 0.05) is 65.2 Å². The molecule has 0 aromatic heterocycles. The summed E-state index contributed by atoms with van der Waals surface area (Å²) in [6.07, 6.45) is 7.29. The van der Waals surface area contributed by atoms with Crippen LogP contribution in [0.25, 0.3) is 0 Å². The van der Waals surface area contributed by atoms with Crippen LogP contribution >= 0.6 is 48.0 Å². The molecule has 0 spiro atoms. The molecule has 0 aromatic carbocycles. The van der Waals surface area contributed by atoms with Gasteiger partial charge in [0.25, 0.3) is 11.8 Å². The molecule has 16 heteroatoms. The van der Waals surface area contributed by atoms with E-state index in [1.807, 2.05) is 0 Å². The number of carbonyl (C=O) groups is 4. The number of hydrogen-bond donors (Lipinski definition) is 2. The molecule has 0 aliphatic carbocycles. The van der Waals surface area contributed by atoms with Crippen molar-refractivity contribution in [2.45, 2.75) is 64.2 Å². The number of amides is 4. The standard InChI is InChI=1S/C32H50N6O6S4/c39-25(33-11-7-13-35-17-21-43-22-18-35)9-3-1-5-15-37-29(41)27(47-31(37)45)28-30(42)38(32(46)48-28)16-6-2-4-10-26(40)34-12-8-14-36-19-23-44-24-20-36/h1-24H2,(H,33,39)(H,34,40)/b28-27+. The van der Waals surface area contributed by atoms with Crippen LogP contribution in [0.2, 0.25) is 0 Å². The lowest BCUT2D eigenvalue weighted by molar-refractivity contribution is -0.124. The van der Waals surface area contributed by atoms with E-state index in [0.29, 0.717) is 57.5 Å². The Morgan fingerprint density at radius 2 is 0.979 bits per heavy atom. The zero-order chi connectivity index (χ0) is 34.1. The van der Waals surface area contributed by atoms with Gasteiger partial charge in [0.15, 0.2) is 0 Å². The second-order valence-corrected chi connectivity index (χ2v) is 15.5. The van der Waals surface area contributed by atoms with Crippen molar-refractivity contribution < 1.29 is 28.7 Å². The Morgan fingerprint density at radius 3 is 1.38 bits per heavy atom. The highest BCUT2D eigenvalue weighted by Gasteiger charge is 2.41. The average molecular weight is 743 g/mol. The van der Waals surface area contributed by atoms with E-state index in [0.717, 1.165) is 141 Å². The number of carbonyl (C=O) groups excluding carboxylic acids is 4. The molecule has 2 N–H and O–H groups in total. The van der Waals surface area contributed by atoms with E-state index in [1.165, 1.54) is 0 Å². The van der Waals surface area contributed by atoms with Crippen molar-refractivity contribution in [1.29, 1.82) is 0 Å². The Kier molecular flexibility index (Phi) is 17.6. The van der Waals surface area contributed by atoms with E-state index in [2.05, 4.69) is 20.4 Å². The van der Waals surface area contributed by atoms with E-state index in [1.54, 1.807) is 9.80 Å². The summed E-state index contributed by atoms with van der Waals surface area (Å²) in [5.74, 6) is -0.388. The first-order valence-corrected chi connectivity index (χ1v) is 19.7. The predicted octanol–water partition coefficient (Wildman–Crippen LogP) is 2.72. The van der Waals surface area contributed by atoms with Gasteiger partial charge in [0.1, 0.15) is 8.64 Å². The van der Waals surface area contributed by atoms with Crippen LogP contribution in [0.5, 0.6) is 0 Å². The van der Waals surface area contributed by atoms with Crippen molar-refractivity contribution >= 4 is 80.2 Å². The second-order valence-electron chi connectivity index (χ2n) is 12.2. The van der Waals surface area contributed by atoms with Crippen molar-refractivity contribution in [3.8, 4) is 0 Å². The largest absolute Gasteiger partial charge is 0.379 e. The number of hydrogen-bond acceptors (Lipinski definition) is 12. The maximum atomic E-state index is 13.2. The van der Waals surface area contributed by atoms with Gasteiger partial charge < -0.3 is 20.1 Å². The van der Waals surface area contributed by atoms with Crippen LogP contribution in [0.1, 0.15) is 64.2 Å². The molecule has 0 radical (unpaired) electrons. The van der Waals surface area contributed by atoms with Crippen LogP contribution in [0.3, 0.4) is 0 Å². The summed E-state index contributed by atoms with van der Waals surface area (Å²) in [5, 5.41) is 5.99. The molecule has 12 nitrogen and oxygen atoms in total. The lowest BCUT2D eigenvalue weighted by Gasteiger charge is -2.26. The average Bonchev–Trinajstić information content (AvgIpc) is 3.53. The van der Waals surface area contributed by atoms with Crippen molar-refractivity contribution in [1.82, 2.24) is 30.2 Å². The first-order valence-electron chi connectivity index (χ1n) is 17.3. The Balaban J connectivity index is 1.06. The van der Waals surface area contributed by atoms with E-state index in [4.69, 9.17) is 33.9 Å². The van der Waals surface area contributed by atoms with Crippen LogP contribution < -0.4 is 10.6 Å². The fourth-order valence-electron chi connectivity index (χ4n) is 5.81. The smallest absolute Gasteiger partial charge is 0.267 e. The molecule has 0 unspecified atom stereocenters. The summed E-state index contributed by atoms with van der Waals surface area (Å²) >= 11 is 13.3. The minimum Gasteiger partial charge on any atom is -0.379 e. The zero-order valence-corrected chi connectivity index (χ0v) is 31.1. The van der Waals surface area contributed by atoms with Crippen molar-refractivity contribution in [3.63, 3.8) is 0 Å². The van der Waals surface area contributed by atoms with Gasteiger partial charge in [-0.15, -0.1) is 0 Å². The lowest BCUT2D eigenvalue weighted by atomic mass is 10.1. The summed E-state index contributed by atoms with van der Waals surface area (Å²) < 4.78 is 11.6. The van der Waals surface area contributed by atoms with Crippen LogP contribution in [0.4, 0.5) is 0 Å². The molecule has 0 saturated carbocycles. The number of thioether (sulfide) groups is 2. The molecule has 0 bridgehead atoms. The molecule has 48 heavy (non-hydrogen) atoms. The van der Waals surface area contributed by atoms with Gasteiger partial charge in [0.2, 0.25) is 11.8 Å². The summed E-state index contributed by atoms with van der Waals surface area (Å²) in [7, 11) is 0. The van der Waals surface area contributed by atoms with Crippen LogP contribution in [0, 0.1) is 0 Å². The quantitative estimate of drug-likeness (QED) is 0.108. The normalized spacial score (nSPS) is 21.1. The highest BCUT2D eigenvalue weighted by atomic mass is 32.2. The summed E-state index contributed by atoms with van der Waals surface area (Å²) in [5.41, 5.74) is 0. The van der Waals surface area contributed by atoms with Gasteiger partial charge in [-0.1, -0.05) is 60.8 Å². The lowest BCUT2D eigenvalue weighted by Crippen LogP contribution is -2.38. The molecule has 4 saturated heterocycles. The summed E-state index contributed by atoms with van der Waals surface area (Å²) in [6.45, 7) is 11.1. The number of nitrogens with zero attached hydrogens (tertiary/aromatic N) is 4. The number of nitrogens with one attached hydrogen (secondary N) is 2. The maximum Gasteiger partial charge on any atom is 0.267 e. The molecule has 4 rings (SSSR count). The highest BCUT2D eigenvalue weighted by molar-refractivity contribution is 8.29. The molecular weight excluding hydrogens is 693 g/mol. The molecule has 4 aliphatic rings. The SMILES string of the molecule is O=C(CCCCCN1C(=O)/C(=C2\SC(=S)N(CCCCCC(=O)NCCCN3CCOCC3)C2=O)SC1=S)NCCCN1CCOCC1. The third-order valence-electron chi connectivity index (χ3n) is 8.63. The van der Waals surface area contributed by atoms with Gasteiger partial charge in [-0.05, 0) is 51.6 Å². The van der Waals surface area contributed by atoms with E-state index in [-0.39, 0.29) is 23.6 Å². The van der Waals surface area contributed by atoms with Crippen molar-refractivity contribution in [3.05, 3.63) is 9.81 Å². The number of morpholine rings is 2. The van der Waals surface area contributed by atoms with E-state index >= 15 is 0 Å². The molecule has 4 heterocycles. The number of ether oxygens (including phenoxy) is 2. The van der Waals surface area contributed by atoms with Crippen LogP contribution in [0.15, 0.2) is 9.81 Å². The van der Waals surface area contributed by atoms with Crippen molar-refractivity contribution in [2.24, 2.45) is 0 Å². The minimum absolute atomic E-state index is 0.0563. The molecule has 0 atom stereocenters. The van der Waals surface area contributed by atoms with Crippen molar-refractivity contribution in [2.75, 3.05) is 91.9 Å². The Hall–Kier alpha value is -1.66. The highest BCUT2D eigenvalue weighted by Crippen LogP contribution is 2.42. The predicted molar refractivity (Wildman–Crippen MR) is 198 cm³/mol. The first kappa shape index (κ1) is 39.1. The summed E-state index contributed by atoms with van der Waals surface area (Å²) in [6, 6.07) is 0. The maximum absolute atomic E-state index is 13.2. The van der Waals surface area contributed by atoms with Crippen LogP contribution in [-0.2, 0) is 28.7 Å². The third kappa shape index (κ3) is 12.9. The Bertz CT molecular complexity index is 1090. The third-order valence-corrected chi connectivity index (χ3v) is 11.7.